The van der Waals surface area contributed by atoms with Crippen LogP contribution in [0.15, 0.2) is 24.3 Å². The number of benzene rings is 1. The fourth-order valence-corrected chi connectivity index (χ4v) is 2.00. The van der Waals surface area contributed by atoms with E-state index in [-0.39, 0.29) is 12.5 Å². The van der Waals surface area contributed by atoms with Gasteiger partial charge in [0.15, 0.2) is 0 Å². The summed E-state index contributed by atoms with van der Waals surface area (Å²) in [6.45, 7) is 3.32. The first-order valence-electron chi connectivity index (χ1n) is 4.87. The number of nitrogens with zero attached hydrogens (tertiary/aromatic N) is 1. The van der Waals surface area contributed by atoms with Crippen LogP contribution >= 0.6 is 0 Å². The largest absolute Gasteiger partial charge is 0.390 e. The Kier molecular flexibility index (Phi) is 2.32. The van der Waals surface area contributed by atoms with Gasteiger partial charge in [0, 0.05) is 12.3 Å². The molecule has 1 heterocycles. The molecule has 2 aromatic rings. The molecule has 1 aromatic carbocycles. The van der Waals surface area contributed by atoms with Crippen LogP contribution in [0.25, 0.3) is 10.9 Å². The molecule has 3 heteroatoms. The van der Waals surface area contributed by atoms with Crippen LogP contribution < -0.4 is 0 Å². The summed E-state index contributed by atoms with van der Waals surface area (Å²) in [6, 6.07) is 7.68. The average molecular weight is 203 g/mol. The Labute approximate surface area is 87.9 Å². The maximum atomic E-state index is 11.5. The van der Waals surface area contributed by atoms with Gasteiger partial charge in [-0.15, -0.1) is 0 Å². The molecule has 0 spiro atoms. The molecule has 0 saturated carbocycles. The number of aliphatic hydroxyl groups excluding tert-OH is 1. The zero-order valence-electron chi connectivity index (χ0n) is 8.82. The minimum absolute atomic E-state index is 0.0663. The number of hydrogen-bond acceptors (Lipinski definition) is 2. The topological polar surface area (TPSA) is 42.2 Å². The molecule has 0 amide bonds. The molecule has 0 bridgehead atoms. The molecule has 0 fully saturated rings. The van der Waals surface area contributed by atoms with Crippen molar-refractivity contribution in [2.24, 2.45) is 0 Å². The number of hydrogen-bond donors (Lipinski definition) is 1. The van der Waals surface area contributed by atoms with Gasteiger partial charge in [0.2, 0.25) is 5.91 Å². The number of aryl methyl sites for hydroxylation is 1. The van der Waals surface area contributed by atoms with E-state index in [9.17, 15) is 9.90 Å². The molecule has 0 saturated heterocycles. The fourth-order valence-electron chi connectivity index (χ4n) is 2.00. The molecule has 0 unspecified atom stereocenters. The first-order valence-corrected chi connectivity index (χ1v) is 4.87. The molecule has 78 valence electrons. The summed E-state index contributed by atoms with van der Waals surface area (Å²) >= 11 is 0. The lowest BCUT2D eigenvalue weighted by molar-refractivity contribution is 0.0932. The van der Waals surface area contributed by atoms with Crippen molar-refractivity contribution >= 4 is 16.8 Å². The first kappa shape index (κ1) is 9.93. The summed E-state index contributed by atoms with van der Waals surface area (Å²) in [5.41, 5.74) is 2.53. The molecule has 0 aliphatic carbocycles. The molecular formula is C12H13NO2. The van der Waals surface area contributed by atoms with E-state index in [1.165, 1.54) is 6.92 Å². The van der Waals surface area contributed by atoms with Crippen molar-refractivity contribution < 1.29 is 9.90 Å². The molecule has 0 aliphatic rings. The highest BCUT2D eigenvalue weighted by Crippen LogP contribution is 2.25. The lowest BCUT2D eigenvalue weighted by atomic mass is 10.1. The third-order valence-electron chi connectivity index (χ3n) is 2.72. The highest BCUT2D eigenvalue weighted by molar-refractivity contribution is 5.95. The van der Waals surface area contributed by atoms with E-state index in [1.54, 1.807) is 4.57 Å². The molecule has 0 radical (unpaired) electrons. The zero-order chi connectivity index (χ0) is 11.0. The van der Waals surface area contributed by atoms with E-state index < -0.39 is 0 Å². The fraction of sp³-hybridized carbons (Fsp3) is 0.250. The first-order chi connectivity index (χ1) is 7.16. The minimum atomic E-state index is -0.111. The number of aliphatic hydroxyl groups is 1. The van der Waals surface area contributed by atoms with Crippen molar-refractivity contribution in [1.29, 1.82) is 0 Å². The molecule has 1 aromatic heterocycles. The number of para-hydroxylation sites is 1. The highest BCUT2D eigenvalue weighted by Gasteiger charge is 2.14. The Morgan fingerprint density at radius 3 is 2.67 bits per heavy atom. The monoisotopic (exact) mass is 203 g/mol. The Bertz CT molecular complexity index is 526. The number of carbonyl (C=O) groups is 1. The van der Waals surface area contributed by atoms with Crippen molar-refractivity contribution in [2.45, 2.75) is 20.5 Å². The van der Waals surface area contributed by atoms with Crippen LogP contribution in [0.1, 0.15) is 23.0 Å². The van der Waals surface area contributed by atoms with Crippen LogP contribution in [0.2, 0.25) is 0 Å². The van der Waals surface area contributed by atoms with Crippen LogP contribution in [0.3, 0.4) is 0 Å². The SMILES string of the molecule is CC(=O)n1c(CO)c(C)c2ccccc21. The van der Waals surface area contributed by atoms with Crippen LogP contribution in [0.5, 0.6) is 0 Å². The van der Waals surface area contributed by atoms with E-state index in [4.69, 9.17) is 0 Å². The standard InChI is InChI=1S/C12H13NO2/c1-8-10-5-3-4-6-11(10)13(9(2)15)12(8)7-14/h3-6,14H,7H2,1-2H3. The van der Waals surface area contributed by atoms with Crippen LogP contribution in [-0.2, 0) is 6.61 Å². The highest BCUT2D eigenvalue weighted by atomic mass is 16.3. The van der Waals surface area contributed by atoms with Crippen LogP contribution in [-0.4, -0.2) is 15.6 Å². The Morgan fingerprint density at radius 1 is 1.40 bits per heavy atom. The summed E-state index contributed by atoms with van der Waals surface area (Å²) in [5, 5.41) is 10.3. The van der Waals surface area contributed by atoms with Crippen molar-refractivity contribution in [3.8, 4) is 0 Å². The lowest BCUT2D eigenvalue weighted by Crippen LogP contribution is -2.09. The maximum Gasteiger partial charge on any atom is 0.228 e. The summed E-state index contributed by atoms with van der Waals surface area (Å²) < 4.78 is 1.57. The second-order valence-corrected chi connectivity index (χ2v) is 3.60. The quantitative estimate of drug-likeness (QED) is 0.771. The maximum absolute atomic E-state index is 11.5. The van der Waals surface area contributed by atoms with Gasteiger partial charge in [-0.25, -0.2) is 0 Å². The number of rotatable bonds is 1. The molecule has 15 heavy (non-hydrogen) atoms. The molecule has 3 nitrogen and oxygen atoms in total. The number of aromatic nitrogens is 1. The normalized spacial score (nSPS) is 10.9. The minimum Gasteiger partial charge on any atom is -0.390 e. The third kappa shape index (κ3) is 1.36. The summed E-state index contributed by atoms with van der Waals surface area (Å²) in [4.78, 5) is 11.5. The van der Waals surface area contributed by atoms with E-state index in [0.717, 1.165) is 16.5 Å². The van der Waals surface area contributed by atoms with Gasteiger partial charge >= 0.3 is 0 Å². The second kappa shape index (κ2) is 3.51. The van der Waals surface area contributed by atoms with E-state index in [0.29, 0.717) is 5.69 Å². The predicted octanol–water partition coefficient (Wildman–Crippen LogP) is 2.10. The van der Waals surface area contributed by atoms with Crippen molar-refractivity contribution in [3.05, 3.63) is 35.5 Å². The molecular weight excluding hydrogens is 190 g/mol. The molecule has 0 atom stereocenters. The third-order valence-corrected chi connectivity index (χ3v) is 2.72. The number of carbonyl (C=O) groups excluding carboxylic acids is 1. The Morgan fingerprint density at radius 2 is 2.07 bits per heavy atom. The van der Waals surface area contributed by atoms with Crippen molar-refractivity contribution in [3.63, 3.8) is 0 Å². The summed E-state index contributed by atoms with van der Waals surface area (Å²) in [5.74, 6) is -0.0663. The van der Waals surface area contributed by atoms with Gasteiger partial charge in [0.1, 0.15) is 0 Å². The summed E-state index contributed by atoms with van der Waals surface area (Å²) in [6.07, 6.45) is 0. The van der Waals surface area contributed by atoms with Gasteiger partial charge in [0.25, 0.3) is 0 Å². The summed E-state index contributed by atoms with van der Waals surface area (Å²) in [7, 11) is 0. The Balaban J connectivity index is 2.91. The zero-order valence-corrected chi connectivity index (χ0v) is 8.82. The Hall–Kier alpha value is -1.61. The smallest absolute Gasteiger partial charge is 0.228 e. The van der Waals surface area contributed by atoms with Crippen LogP contribution in [0.4, 0.5) is 0 Å². The molecule has 0 aliphatic heterocycles. The van der Waals surface area contributed by atoms with Gasteiger partial charge in [-0.2, -0.15) is 0 Å². The van der Waals surface area contributed by atoms with E-state index >= 15 is 0 Å². The molecule has 2 rings (SSSR count). The van der Waals surface area contributed by atoms with Gasteiger partial charge in [-0.1, -0.05) is 18.2 Å². The van der Waals surface area contributed by atoms with E-state index in [2.05, 4.69) is 0 Å². The van der Waals surface area contributed by atoms with Gasteiger partial charge < -0.3 is 5.11 Å². The van der Waals surface area contributed by atoms with Crippen LogP contribution in [0, 0.1) is 6.92 Å². The predicted molar refractivity (Wildman–Crippen MR) is 58.9 cm³/mol. The average Bonchev–Trinajstić information content (AvgIpc) is 2.52. The second-order valence-electron chi connectivity index (χ2n) is 3.60. The van der Waals surface area contributed by atoms with Gasteiger partial charge in [0.05, 0.1) is 17.8 Å². The van der Waals surface area contributed by atoms with Crippen molar-refractivity contribution in [2.75, 3.05) is 0 Å². The van der Waals surface area contributed by atoms with Gasteiger partial charge in [-0.05, 0) is 18.6 Å². The molecule has 1 N–H and O–H groups in total. The number of fused-ring (bicyclic) bond motifs is 1. The van der Waals surface area contributed by atoms with Crippen molar-refractivity contribution in [1.82, 2.24) is 4.57 Å². The lowest BCUT2D eigenvalue weighted by Gasteiger charge is -2.03. The van der Waals surface area contributed by atoms with Gasteiger partial charge in [-0.3, -0.25) is 9.36 Å². The van der Waals surface area contributed by atoms with E-state index in [1.807, 2.05) is 31.2 Å².